The molecule has 0 radical (unpaired) electrons. The Morgan fingerprint density at radius 3 is 2.35 bits per heavy atom. The normalized spacial score (nSPS) is 12.0. The Balaban J connectivity index is 1.75. The molecule has 0 N–H and O–H groups in total. The van der Waals surface area contributed by atoms with E-state index in [0.717, 1.165) is 24.4 Å². The number of nitrogens with zero attached hydrogens (tertiary/aromatic N) is 1. The van der Waals surface area contributed by atoms with E-state index in [1.54, 1.807) is 21.3 Å². The predicted molar refractivity (Wildman–Crippen MR) is 95.5 cm³/mol. The molecule has 1 aromatic heterocycles. The van der Waals surface area contributed by atoms with E-state index >= 15 is 0 Å². The lowest BCUT2D eigenvalue weighted by Gasteiger charge is -2.24. The first-order valence-electron chi connectivity index (χ1n) is 8.23. The van der Waals surface area contributed by atoms with Crippen molar-refractivity contribution in [1.82, 2.24) is 4.98 Å². The van der Waals surface area contributed by atoms with Gasteiger partial charge in [0.2, 0.25) is 0 Å². The van der Waals surface area contributed by atoms with Crippen LogP contribution in [-0.2, 0) is 19.7 Å². The fraction of sp³-hybridized carbons (Fsp3) is 0.500. The summed E-state index contributed by atoms with van der Waals surface area (Å²) in [4.78, 5) is 4.42. The van der Waals surface area contributed by atoms with Crippen LogP contribution in [0.3, 0.4) is 0 Å². The second kappa shape index (κ2) is 9.13. The highest BCUT2D eigenvalue weighted by Gasteiger charge is 2.36. The van der Waals surface area contributed by atoms with Crippen molar-refractivity contribution in [3.8, 4) is 0 Å². The Kier molecular flexibility index (Phi) is 7.17. The van der Waals surface area contributed by atoms with Crippen molar-refractivity contribution >= 4 is 19.7 Å². The number of benzene rings is 1. The lowest BCUT2D eigenvalue weighted by molar-refractivity contribution is 0.122. The van der Waals surface area contributed by atoms with Crippen molar-refractivity contribution < 1.29 is 13.3 Å². The van der Waals surface area contributed by atoms with Crippen molar-refractivity contribution in [3.05, 3.63) is 42.1 Å². The molecule has 0 spiro atoms. The highest BCUT2D eigenvalue weighted by atomic mass is 28.4. The Hall–Kier alpha value is -1.27. The fourth-order valence-electron chi connectivity index (χ4n) is 2.95. The Morgan fingerprint density at radius 1 is 0.870 bits per heavy atom. The smallest absolute Gasteiger partial charge is 0.377 e. The molecule has 4 nitrogen and oxygen atoms in total. The second-order valence-corrected chi connectivity index (χ2v) is 8.79. The van der Waals surface area contributed by atoms with Crippen LogP contribution in [0.2, 0.25) is 6.04 Å². The first kappa shape index (κ1) is 18.1. The number of pyridine rings is 1. The molecule has 23 heavy (non-hydrogen) atoms. The monoisotopic (exact) mass is 333 g/mol. The van der Waals surface area contributed by atoms with Gasteiger partial charge >= 0.3 is 8.80 Å². The molecule has 0 amide bonds. The van der Waals surface area contributed by atoms with Gasteiger partial charge < -0.3 is 13.3 Å². The number of aromatic nitrogens is 1. The van der Waals surface area contributed by atoms with Crippen LogP contribution < -0.4 is 0 Å². The van der Waals surface area contributed by atoms with E-state index in [-0.39, 0.29) is 0 Å². The standard InChI is InChI=1S/C18H27NO3Si/c1-20-23(21-2,22-3)15-7-5-4-6-10-16-11-8-13-18-17(16)12-9-14-19-18/h8-9,11-14H,4-7,10,15H2,1-3H3. The van der Waals surface area contributed by atoms with E-state index < -0.39 is 8.80 Å². The van der Waals surface area contributed by atoms with Gasteiger partial charge in [-0.25, -0.2) is 0 Å². The molecule has 2 aromatic rings. The number of hydrogen-bond donors (Lipinski definition) is 0. The summed E-state index contributed by atoms with van der Waals surface area (Å²) in [6.07, 6.45) is 7.61. The van der Waals surface area contributed by atoms with E-state index in [2.05, 4.69) is 29.2 Å². The zero-order valence-corrected chi connectivity index (χ0v) is 15.4. The van der Waals surface area contributed by atoms with Crippen LogP contribution in [-0.4, -0.2) is 35.1 Å². The summed E-state index contributed by atoms with van der Waals surface area (Å²) in [6, 6.07) is 11.4. The summed E-state index contributed by atoms with van der Waals surface area (Å²) in [5.74, 6) is 0. The van der Waals surface area contributed by atoms with E-state index in [1.165, 1.54) is 30.2 Å². The predicted octanol–water partition coefficient (Wildman–Crippen LogP) is 4.22. The first-order valence-corrected chi connectivity index (χ1v) is 10.2. The Morgan fingerprint density at radius 2 is 1.61 bits per heavy atom. The Labute approximate surface area is 140 Å². The van der Waals surface area contributed by atoms with Gasteiger partial charge in [-0.2, -0.15) is 0 Å². The van der Waals surface area contributed by atoms with Gasteiger partial charge in [0.25, 0.3) is 0 Å². The summed E-state index contributed by atoms with van der Waals surface area (Å²) in [5.41, 5.74) is 2.48. The number of rotatable bonds is 10. The van der Waals surface area contributed by atoms with Gasteiger partial charge in [0.15, 0.2) is 0 Å². The fourth-order valence-corrected chi connectivity index (χ4v) is 4.75. The molecule has 0 saturated carbocycles. The van der Waals surface area contributed by atoms with Crippen LogP contribution in [0.1, 0.15) is 31.2 Å². The van der Waals surface area contributed by atoms with Crippen LogP contribution in [0.25, 0.3) is 10.9 Å². The van der Waals surface area contributed by atoms with Crippen LogP contribution >= 0.6 is 0 Å². The summed E-state index contributed by atoms with van der Waals surface area (Å²) in [5, 5.41) is 1.28. The number of hydrogen-bond acceptors (Lipinski definition) is 4. The lowest BCUT2D eigenvalue weighted by Crippen LogP contribution is -2.42. The molecule has 5 heteroatoms. The molecule has 126 valence electrons. The van der Waals surface area contributed by atoms with Crippen LogP contribution in [0.15, 0.2) is 36.5 Å². The third-order valence-electron chi connectivity index (χ3n) is 4.35. The van der Waals surface area contributed by atoms with Crippen LogP contribution in [0.4, 0.5) is 0 Å². The maximum atomic E-state index is 5.45. The Bertz CT molecular complexity index is 588. The molecule has 2 rings (SSSR count). The maximum absolute atomic E-state index is 5.45. The van der Waals surface area contributed by atoms with Gasteiger partial charge in [0.1, 0.15) is 0 Å². The van der Waals surface area contributed by atoms with E-state index in [9.17, 15) is 0 Å². The van der Waals surface area contributed by atoms with Crippen molar-refractivity contribution in [1.29, 1.82) is 0 Å². The van der Waals surface area contributed by atoms with Gasteiger partial charge in [-0.1, -0.05) is 31.0 Å². The topological polar surface area (TPSA) is 40.6 Å². The minimum absolute atomic E-state index is 0.884. The number of unbranched alkanes of at least 4 members (excludes halogenated alkanes) is 3. The minimum Gasteiger partial charge on any atom is -0.377 e. The van der Waals surface area contributed by atoms with Crippen molar-refractivity contribution in [2.24, 2.45) is 0 Å². The molecule has 0 bridgehead atoms. The molecule has 0 aliphatic carbocycles. The summed E-state index contributed by atoms with van der Waals surface area (Å²) in [7, 11) is 2.64. The molecule has 0 saturated heterocycles. The zero-order chi connectivity index (χ0) is 16.5. The van der Waals surface area contributed by atoms with Crippen molar-refractivity contribution in [2.45, 2.75) is 38.1 Å². The molecule has 1 heterocycles. The SMILES string of the molecule is CO[Si](CCCCCCc1cccc2ncccc12)(OC)OC. The van der Waals surface area contributed by atoms with Crippen molar-refractivity contribution in [3.63, 3.8) is 0 Å². The molecule has 0 aliphatic heterocycles. The van der Waals surface area contributed by atoms with E-state index in [0.29, 0.717) is 0 Å². The van der Waals surface area contributed by atoms with Gasteiger partial charge in [-0.3, -0.25) is 4.98 Å². The quantitative estimate of drug-likeness (QED) is 0.482. The average molecular weight is 334 g/mol. The maximum Gasteiger partial charge on any atom is 0.500 e. The zero-order valence-electron chi connectivity index (χ0n) is 14.4. The van der Waals surface area contributed by atoms with Gasteiger partial charge in [-0.15, -0.1) is 0 Å². The third-order valence-corrected chi connectivity index (χ3v) is 7.18. The molecule has 0 unspecified atom stereocenters. The minimum atomic E-state index is -2.39. The molecular weight excluding hydrogens is 306 g/mol. The third kappa shape index (κ3) is 4.85. The van der Waals surface area contributed by atoms with Crippen LogP contribution in [0.5, 0.6) is 0 Å². The summed E-state index contributed by atoms with van der Waals surface area (Å²) < 4.78 is 16.3. The molecule has 1 aromatic carbocycles. The molecular formula is C18H27NO3Si. The highest BCUT2D eigenvalue weighted by molar-refractivity contribution is 6.60. The van der Waals surface area contributed by atoms with Gasteiger partial charge in [0.05, 0.1) is 5.52 Å². The number of aryl methyl sites for hydroxylation is 1. The second-order valence-electron chi connectivity index (χ2n) is 5.70. The largest absolute Gasteiger partial charge is 0.500 e. The molecule has 0 atom stereocenters. The average Bonchev–Trinajstić information content (AvgIpc) is 2.62. The van der Waals surface area contributed by atoms with E-state index in [4.69, 9.17) is 13.3 Å². The van der Waals surface area contributed by atoms with Crippen molar-refractivity contribution in [2.75, 3.05) is 21.3 Å². The first-order chi connectivity index (χ1) is 11.2. The molecule has 0 aliphatic rings. The summed E-state index contributed by atoms with van der Waals surface area (Å²) in [6.45, 7) is 0. The van der Waals surface area contributed by atoms with Crippen LogP contribution in [0, 0.1) is 0 Å². The summed E-state index contributed by atoms with van der Waals surface area (Å²) >= 11 is 0. The highest BCUT2D eigenvalue weighted by Crippen LogP contribution is 2.20. The molecule has 0 fully saturated rings. The van der Waals surface area contributed by atoms with Gasteiger partial charge in [-0.05, 0) is 37.0 Å². The lowest BCUT2D eigenvalue weighted by atomic mass is 10.0. The van der Waals surface area contributed by atoms with E-state index in [1.807, 2.05) is 12.3 Å². The number of fused-ring (bicyclic) bond motifs is 1. The van der Waals surface area contributed by atoms with Gasteiger partial charge in [0, 0.05) is 39.0 Å².